The number of nitrogens with zero attached hydrogens (tertiary/aromatic N) is 3. The Morgan fingerprint density at radius 1 is 0.929 bits per heavy atom. The number of anilines is 1. The highest BCUT2D eigenvalue weighted by molar-refractivity contribution is 5.83. The SMILES string of the molecule is O=c1[nH]nc(CCCCN2CCN(c3ccc(F)cc3)CC2)c2ccccc12. The minimum absolute atomic E-state index is 0.127. The van der Waals surface area contributed by atoms with Gasteiger partial charge in [0.1, 0.15) is 5.82 Å². The van der Waals surface area contributed by atoms with Gasteiger partial charge in [-0.15, -0.1) is 0 Å². The molecule has 2 heterocycles. The summed E-state index contributed by atoms with van der Waals surface area (Å²) < 4.78 is 13.1. The smallest absolute Gasteiger partial charge is 0.272 e. The number of nitrogens with one attached hydrogen (secondary N) is 1. The topological polar surface area (TPSA) is 52.2 Å². The van der Waals surface area contributed by atoms with Crippen LogP contribution in [0.2, 0.25) is 0 Å². The summed E-state index contributed by atoms with van der Waals surface area (Å²) in [6.45, 7) is 5.06. The molecule has 1 saturated heterocycles. The second-order valence-corrected chi connectivity index (χ2v) is 7.31. The number of benzene rings is 2. The highest BCUT2D eigenvalue weighted by Crippen LogP contribution is 2.18. The van der Waals surface area contributed by atoms with E-state index >= 15 is 0 Å². The van der Waals surface area contributed by atoms with E-state index < -0.39 is 0 Å². The van der Waals surface area contributed by atoms with E-state index in [0.717, 1.165) is 68.8 Å². The Bertz CT molecular complexity index is 978. The van der Waals surface area contributed by atoms with Gasteiger partial charge in [-0.25, -0.2) is 9.49 Å². The van der Waals surface area contributed by atoms with Crippen molar-refractivity contribution in [1.82, 2.24) is 15.1 Å². The summed E-state index contributed by atoms with van der Waals surface area (Å²) in [6, 6.07) is 14.4. The van der Waals surface area contributed by atoms with Crippen molar-refractivity contribution in [2.75, 3.05) is 37.6 Å². The van der Waals surface area contributed by atoms with E-state index in [1.165, 1.54) is 12.1 Å². The molecule has 1 fully saturated rings. The minimum atomic E-state index is -0.188. The molecular formula is C22H25FN4O. The third kappa shape index (κ3) is 4.22. The Balaban J connectivity index is 1.24. The lowest BCUT2D eigenvalue weighted by atomic mass is 10.1. The van der Waals surface area contributed by atoms with E-state index in [-0.39, 0.29) is 11.4 Å². The van der Waals surface area contributed by atoms with Gasteiger partial charge in [0.15, 0.2) is 0 Å². The van der Waals surface area contributed by atoms with Crippen LogP contribution < -0.4 is 10.5 Å². The highest BCUT2D eigenvalue weighted by atomic mass is 19.1. The van der Waals surface area contributed by atoms with Crippen molar-refractivity contribution >= 4 is 16.5 Å². The monoisotopic (exact) mass is 380 g/mol. The Hall–Kier alpha value is -2.73. The molecule has 2 aromatic carbocycles. The van der Waals surface area contributed by atoms with Crippen molar-refractivity contribution in [3.05, 3.63) is 70.4 Å². The lowest BCUT2D eigenvalue weighted by Gasteiger charge is -2.36. The van der Waals surface area contributed by atoms with Crippen molar-refractivity contribution < 1.29 is 4.39 Å². The molecule has 5 nitrogen and oxygen atoms in total. The maximum atomic E-state index is 13.1. The molecule has 0 aliphatic carbocycles. The fraction of sp³-hybridized carbons (Fsp3) is 0.364. The molecular weight excluding hydrogens is 355 g/mol. The Morgan fingerprint density at radius 3 is 2.39 bits per heavy atom. The van der Waals surface area contributed by atoms with E-state index in [9.17, 15) is 9.18 Å². The number of rotatable bonds is 6. The molecule has 1 N–H and O–H groups in total. The molecule has 0 radical (unpaired) electrons. The maximum Gasteiger partial charge on any atom is 0.272 e. The van der Waals surface area contributed by atoms with Gasteiger partial charge in [0.25, 0.3) is 5.56 Å². The van der Waals surface area contributed by atoms with E-state index in [1.54, 1.807) is 0 Å². The zero-order chi connectivity index (χ0) is 19.3. The molecule has 6 heteroatoms. The third-order valence-corrected chi connectivity index (χ3v) is 5.48. The van der Waals surface area contributed by atoms with Crippen molar-refractivity contribution in [3.8, 4) is 0 Å². The number of hydrogen-bond donors (Lipinski definition) is 1. The first-order valence-corrected chi connectivity index (χ1v) is 9.90. The van der Waals surface area contributed by atoms with Crippen LogP contribution in [0.1, 0.15) is 18.5 Å². The van der Waals surface area contributed by atoms with E-state index in [1.807, 2.05) is 36.4 Å². The van der Waals surface area contributed by atoms with Crippen LogP contribution in [-0.2, 0) is 6.42 Å². The number of aryl methyl sites for hydroxylation is 1. The molecule has 0 bridgehead atoms. The van der Waals surface area contributed by atoms with Crippen LogP contribution in [0.25, 0.3) is 10.8 Å². The fourth-order valence-corrected chi connectivity index (χ4v) is 3.87. The molecule has 0 unspecified atom stereocenters. The van der Waals surface area contributed by atoms with Crippen molar-refractivity contribution in [1.29, 1.82) is 0 Å². The zero-order valence-electron chi connectivity index (χ0n) is 15.9. The quantitative estimate of drug-likeness (QED) is 0.667. The number of fused-ring (bicyclic) bond motifs is 1. The maximum absolute atomic E-state index is 13.1. The predicted octanol–water partition coefficient (Wildman–Crippen LogP) is 3.21. The zero-order valence-corrected chi connectivity index (χ0v) is 15.9. The van der Waals surface area contributed by atoms with E-state index in [4.69, 9.17) is 0 Å². The molecule has 0 atom stereocenters. The normalized spacial score (nSPS) is 15.2. The summed E-state index contributed by atoms with van der Waals surface area (Å²) in [4.78, 5) is 16.7. The van der Waals surface area contributed by atoms with E-state index in [0.29, 0.717) is 5.39 Å². The summed E-state index contributed by atoms with van der Waals surface area (Å²) in [5.41, 5.74) is 1.94. The van der Waals surface area contributed by atoms with Crippen LogP contribution in [0.5, 0.6) is 0 Å². The molecule has 1 aliphatic rings. The van der Waals surface area contributed by atoms with Gasteiger partial charge in [0.05, 0.1) is 11.1 Å². The first-order chi connectivity index (χ1) is 13.7. The molecule has 28 heavy (non-hydrogen) atoms. The average Bonchev–Trinajstić information content (AvgIpc) is 2.74. The molecule has 0 spiro atoms. The van der Waals surface area contributed by atoms with Gasteiger partial charge in [-0.1, -0.05) is 18.2 Å². The van der Waals surface area contributed by atoms with Crippen molar-refractivity contribution in [3.63, 3.8) is 0 Å². The molecule has 4 rings (SSSR count). The molecule has 1 aromatic heterocycles. The number of halogens is 1. The number of aromatic nitrogens is 2. The van der Waals surface area contributed by atoms with Crippen LogP contribution in [0, 0.1) is 5.82 Å². The van der Waals surface area contributed by atoms with Crippen molar-refractivity contribution in [2.24, 2.45) is 0 Å². The first kappa shape index (κ1) is 18.6. The lowest BCUT2D eigenvalue weighted by molar-refractivity contribution is 0.253. The number of H-pyrrole nitrogens is 1. The van der Waals surface area contributed by atoms with Crippen LogP contribution in [-0.4, -0.2) is 47.8 Å². The van der Waals surface area contributed by atoms with Crippen LogP contribution in [0.15, 0.2) is 53.3 Å². The fourth-order valence-electron chi connectivity index (χ4n) is 3.87. The summed E-state index contributed by atoms with van der Waals surface area (Å²) in [5.74, 6) is -0.188. The summed E-state index contributed by atoms with van der Waals surface area (Å²) in [7, 11) is 0. The predicted molar refractivity (Wildman–Crippen MR) is 110 cm³/mol. The first-order valence-electron chi connectivity index (χ1n) is 9.90. The van der Waals surface area contributed by atoms with Crippen LogP contribution >= 0.6 is 0 Å². The molecule has 0 amide bonds. The van der Waals surface area contributed by atoms with Gasteiger partial charge in [-0.2, -0.15) is 5.10 Å². The molecule has 1 aliphatic heterocycles. The van der Waals surface area contributed by atoms with Gasteiger partial charge < -0.3 is 4.90 Å². The van der Waals surface area contributed by atoms with Crippen LogP contribution in [0.3, 0.4) is 0 Å². The second kappa shape index (κ2) is 8.52. The summed E-state index contributed by atoms with van der Waals surface area (Å²) >= 11 is 0. The lowest BCUT2D eigenvalue weighted by Crippen LogP contribution is -2.46. The molecule has 3 aromatic rings. The number of aromatic amines is 1. The second-order valence-electron chi connectivity index (χ2n) is 7.31. The Kier molecular flexibility index (Phi) is 5.67. The van der Waals surface area contributed by atoms with Gasteiger partial charge >= 0.3 is 0 Å². The third-order valence-electron chi connectivity index (χ3n) is 5.48. The van der Waals surface area contributed by atoms with Gasteiger partial charge in [-0.3, -0.25) is 9.69 Å². The number of hydrogen-bond acceptors (Lipinski definition) is 4. The Morgan fingerprint density at radius 2 is 1.64 bits per heavy atom. The average molecular weight is 380 g/mol. The van der Waals surface area contributed by atoms with Gasteiger partial charge in [-0.05, 0) is 56.1 Å². The molecule has 0 saturated carbocycles. The standard InChI is InChI=1S/C22H25FN4O/c23-17-8-10-18(11-9-17)27-15-13-26(14-16-27)12-4-3-7-21-19-5-1-2-6-20(19)22(28)25-24-21/h1-2,5-6,8-11H,3-4,7,12-16H2,(H,25,28). The highest BCUT2D eigenvalue weighted by Gasteiger charge is 2.17. The van der Waals surface area contributed by atoms with Crippen LogP contribution in [0.4, 0.5) is 10.1 Å². The van der Waals surface area contributed by atoms with Crippen molar-refractivity contribution in [2.45, 2.75) is 19.3 Å². The summed E-state index contributed by atoms with van der Waals surface area (Å²) in [6.07, 6.45) is 3.01. The largest absolute Gasteiger partial charge is 0.369 e. The minimum Gasteiger partial charge on any atom is -0.369 e. The number of piperazine rings is 1. The van der Waals surface area contributed by atoms with E-state index in [2.05, 4.69) is 20.0 Å². The Labute approximate surface area is 163 Å². The summed E-state index contributed by atoms with van der Waals surface area (Å²) in [5, 5.41) is 8.54. The van der Waals surface area contributed by atoms with Gasteiger partial charge in [0, 0.05) is 37.3 Å². The molecule has 146 valence electrons. The number of unbranched alkanes of at least 4 members (excludes halogenated alkanes) is 1. The van der Waals surface area contributed by atoms with Gasteiger partial charge in [0.2, 0.25) is 0 Å².